The molecule has 5 rings (SSSR count). The normalized spacial score (nSPS) is 27.9. The van der Waals surface area contributed by atoms with Crippen LogP contribution < -0.4 is 14.8 Å². The van der Waals surface area contributed by atoms with Gasteiger partial charge in [0.2, 0.25) is 0 Å². The Kier molecular flexibility index (Phi) is 6.29. The molecule has 2 heterocycles. The number of hydrogen-bond acceptors (Lipinski definition) is 5. The highest BCUT2D eigenvalue weighted by Crippen LogP contribution is 2.62. The van der Waals surface area contributed by atoms with Crippen LogP contribution in [0.25, 0.3) is 10.9 Å². The molecule has 3 fully saturated rings. The first kappa shape index (κ1) is 24.4. The molecule has 0 radical (unpaired) electrons. The average molecular weight is 484 g/mol. The number of nitrogens with zero attached hydrogens (tertiary/aromatic N) is 2. The first-order chi connectivity index (χ1) is 16.7. The molecule has 3 atom stereocenters. The predicted molar refractivity (Wildman–Crippen MR) is 138 cm³/mol. The lowest BCUT2D eigenvalue weighted by molar-refractivity contribution is 0.0365. The van der Waals surface area contributed by atoms with Crippen molar-refractivity contribution in [2.45, 2.75) is 59.5 Å². The van der Waals surface area contributed by atoms with Crippen molar-refractivity contribution in [2.75, 3.05) is 47.1 Å². The number of fused-ring (bicyclic) bond motifs is 3. The number of ether oxygens (including phenoxy) is 3. The zero-order chi connectivity index (χ0) is 25.0. The Bertz CT molecular complexity index is 1110. The first-order valence-corrected chi connectivity index (χ1v) is 13.1. The number of aromatic nitrogens is 1. The summed E-state index contributed by atoms with van der Waals surface area (Å²) in [6, 6.07) is 4.06. The molecule has 2 saturated carbocycles. The molecule has 2 aliphatic carbocycles. The second-order valence-electron chi connectivity index (χ2n) is 11.6. The topological polar surface area (TPSA) is 65.0 Å². The smallest absolute Gasteiger partial charge is 0.253 e. The van der Waals surface area contributed by atoms with Gasteiger partial charge >= 0.3 is 0 Å². The van der Waals surface area contributed by atoms with Gasteiger partial charge in [0, 0.05) is 49.4 Å². The number of amides is 1. The fourth-order valence-corrected chi connectivity index (χ4v) is 7.32. The van der Waals surface area contributed by atoms with Gasteiger partial charge in [-0.05, 0) is 49.0 Å². The minimum atomic E-state index is 0.0137. The highest BCUT2D eigenvalue weighted by Gasteiger charge is 2.59. The van der Waals surface area contributed by atoms with Crippen molar-refractivity contribution in [3.63, 3.8) is 0 Å². The van der Waals surface area contributed by atoms with Crippen LogP contribution in [0.3, 0.4) is 0 Å². The molecule has 1 saturated heterocycles. The Morgan fingerprint density at radius 2 is 1.89 bits per heavy atom. The summed E-state index contributed by atoms with van der Waals surface area (Å²) in [5, 5.41) is 4.42. The van der Waals surface area contributed by atoms with Crippen LogP contribution in [0.1, 0.15) is 56.1 Å². The van der Waals surface area contributed by atoms with Gasteiger partial charge in [-0.25, -0.2) is 0 Å². The highest BCUT2D eigenvalue weighted by molar-refractivity contribution is 6.10. The number of hydrogen-bond donors (Lipinski definition) is 1. The van der Waals surface area contributed by atoms with Crippen molar-refractivity contribution < 1.29 is 19.0 Å². The third kappa shape index (κ3) is 4.01. The summed E-state index contributed by atoms with van der Waals surface area (Å²) in [5.74, 6) is 2.12. The summed E-state index contributed by atoms with van der Waals surface area (Å²) in [5.41, 5.74) is 2.94. The van der Waals surface area contributed by atoms with Crippen LogP contribution in [0.5, 0.6) is 11.5 Å². The zero-order valence-electron chi connectivity index (χ0n) is 22.2. The molecule has 0 spiro atoms. The number of nitrogens with one attached hydrogen (secondary N) is 1. The van der Waals surface area contributed by atoms with Gasteiger partial charge < -0.3 is 24.1 Å². The van der Waals surface area contributed by atoms with Crippen LogP contribution in [0, 0.1) is 23.7 Å². The lowest BCUT2D eigenvalue weighted by atomic mass is 9.68. The zero-order valence-corrected chi connectivity index (χ0v) is 22.2. The van der Waals surface area contributed by atoms with Crippen molar-refractivity contribution >= 4 is 16.8 Å². The van der Waals surface area contributed by atoms with E-state index in [-0.39, 0.29) is 22.8 Å². The van der Waals surface area contributed by atoms with Gasteiger partial charge in [0.25, 0.3) is 5.91 Å². The molecule has 2 unspecified atom stereocenters. The Hall–Kier alpha value is -2.25. The molecule has 7 heteroatoms. The Morgan fingerprint density at radius 3 is 2.51 bits per heavy atom. The van der Waals surface area contributed by atoms with Crippen LogP contribution in [-0.4, -0.2) is 68.5 Å². The summed E-state index contributed by atoms with van der Waals surface area (Å²) in [6.45, 7) is 14.2. The molecule has 1 N–H and O–H groups in total. The third-order valence-corrected chi connectivity index (χ3v) is 9.33. The first-order valence-electron chi connectivity index (χ1n) is 13.1. The van der Waals surface area contributed by atoms with Gasteiger partial charge in [0.1, 0.15) is 11.5 Å². The van der Waals surface area contributed by atoms with Crippen LogP contribution >= 0.6 is 0 Å². The molecule has 2 bridgehead atoms. The SMILES string of the molecule is COc1cc(OC)c2c(c1)c(C(=O)NC1C3(C)CC[C@H](C3)C1(C)C)c(C)n2CCN1CCOCC1. The number of carbonyl (C=O) groups excluding carboxylic acids is 1. The highest BCUT2D eigenvalue weighted by atomic mass is 16.5. The lowest BCUT2D eigenvalue weighted by Crippen LogP contribution is -2.52. The second-order valence-corrected chi connectivity index (χ2v) is 11.6. The summed E-state index contributed by atoms with van der Waals surface area (Å²) >= 11 is 0. The van der Waals surface area contributed by atoms with E-state index in [4.69, 9.17) is 14.2 Å². The van der Waals surface area contributed by atoms with Crippen LogP contribution in [-0.2, 0) is 11.3 Å². The molecular formula is C28H41N3O4. The Labute approximate surface area is 209 Å². The Morgan fingerprint density at radius 1 is 1.14 bits per heavy atom. The molecule has 1 amide bonds. The number of rotatable bonds is 7. The van der Waals surface area contributed by atoms with Crippen molar-refractivity contribution in [3.8, 4) is 11.5 Å². The van der Waals surface area contributed by atoms with E-state index in [1.165, 1.54) is 19.3 Å². The summed E-state index contributed by atoms with van der Waals surface area (Å²) in [7, 11) is 3.34. The maximum atomic E-state index is 14.0. The minimum absolute atomic E-state index is 0.0137. The van der Waals surface area contributed by atoms with E-state index in [0.717, 1.165) is 67.3 Å². The quantitative estimate of drug-likeness (QED) is 0.638. The van der Waals surface area contributed by atoms with Gasteiger partial charge in [0.15, 0.2) is 0 Å². The molecule has 192 valence electrons. The van der Waals surface area contributed by atoms with Gasteiger partial charge in [-0.3, -0.25) is 9.69 Å². The molecule has 1 aromatic carbocycles. The lowest BCUT2D eigenvalue weighted by Gasteiger charge is -2.43. The summed E-state index contributed by atoms with van der Waals surface area (Å²) in [4.78, 5) is 16.4. The maximum absolute atomic E-state index is 14.0. The number of carbonyl (C=O) groups is 1. The fourth-order valence-electron chi connectivity index (χ4n) is 7.32. The van der Waals surface area contributed by atoms with Gasteiger partial charge in [-0.15, -0.1) is 0 Å². The number of morpholine rings is 1. The van der Waals surface area contributed by atoms with Crippen molar-refractivity contribution in [1.29, 1.82) is 0 Å². The van der Waals surface area contributed by atoms with Crippen molar-refractivity contribution in [3.05, 3.63) is 23.4 Å². The molecular weight excluding hydrogens is 442 g/mol. The largest absolute Gasteiger partial charge is 0.497 e. The van der Waals surface area contributed by atoms with E-state index in [9.17, 15) is 4.79 Å². The molecule has 7 nitrogen and oxygen atoms in total. The van der Waals surface area contributed by atoms with E-state index in [1.807, 2.05) is 12.1 Å². The maximum Gasteiger partial charge on any atom is 0.253 e. The van der Waals surface area contributed by atoms with E-state index in [1.54, 1.807) is 14.2 Å². The van der Waals surface area contributed by atoms with Crippen molar-refractivity contribution in [2.24, 2.45) is 16.7 Å². The van der Waals surface area contributed by atoms with E-state index in [2.05, 4.69) is 42.5 Å². The monoisotopic (exact) mass is 483 g/mol. The predicted octanol–water partition coefficient (Wildman–Crippen LogP) is 4.24. The number of methoxy groups -OCH3 is 2. The molecule has 2 aromatic rings. The van der Waals surface area contributed by atoms with E-state index in [0.29, 0.717) is 11.7 Å². The number of benzene rings is 1. The molecule has 3 aliphatic rings. The standard InChI is InChI=1S/C28H41N3O4/c1-18-23(25(32)29-26-27(2,3)19-7-8-28(26,4)17-19)21-15-20(33-5)16-22(34-6)24(21)31(18)10-9-30-11-13-35-14-12-30/h15-16,19,26H,7-14,17H2,1-6H3,(H,29,32)/t19-,26?,28?/m1/s1. The van der Waals surface area contributed by atoms with Gasteiger partial charge in [-0.1, -0.05) is 20.8 Å². The van der Waals surface area contributed by atoms with Crippen molar-refractivity contribution in [1.82, 2.24) is 14.8 Å². The van der Waals surface area contributed by atoms with Crippen LogP contribution in [0.4, 0.5) is 0 Å². The van der Waals surface area contributed by atoms with Crippen LogP contribution in [0.2, 0.25) is 0 Å². The third-order valence-electron chi connectivity index (χ3n) is 9.33. The van der Waals surface area contributed by atoms with Gasteiger partial charge in [0.05, 0.1) is 38.5 Å². The average Bonchev–Trinajstić information content (AvgIpc) is 3.44. The molecule has 1 aromatic heterocycles. The summed E-state index contributed by atoms with van der Waals surface area (Å²) < 4.78 is 19.2. The van der Waals surface area contributed by atoms with E-state index < -0.39 is 0 Å². The van der Waals surface area contributed by atoms with Gasteiger partial charge in [-0.2, -0.15) is 0 Å². The summed E-state index contributed by atoms with van der Waals surface area (Å²) in [6.07, 6.45) is 3.66. The second kappa shape index (κ2) is 9.00. The minimum Gasteiger partial charge on any atom is -0.497 e. The fraction of sp³-hybridized carbons (Fsp3) is 0.679. The molecule has 35 heavy (non-hydrogen) atoms. The van der Waals surface area contributed by atoms with Crippen LogP contribution in [0.15, 0.2) is 12.1 Å². The Balaban J connectivity index is 1.54. The van der Waals surface area contributed by atoms with E-state index >= 15 is 0 Å². The molecule has 1 aliphatic heterocycles.